The lowest BCUT2D eigenvalue weighted by molar-refractivity contribution is -0.123. The van der Waals surface area contributed by atoms with Gasteiger partial charge in [0.1, 0.15) is 5.76 Å². The summed E-state index contributed by atoms with van der Waals surface area (Å²) in [6.07, 6.45) is 1.59. The van der Waals surface area contributed by atoms with Crippen LogP contribution < -0.4 is 0 Å². The molecular weight excluding hydrogens is 366 g/mol. The van der Waals surface area contributed by atoms with Crippen molar-refractivity contribution in [1.29, 1.82) is 0 Å². The van der Waals surface area contributed by atoms with Crippen molar-refractivity contribution >= 4 is 44.9 Å². The maximum atomic E-state index is 12.4. The lowest BCUT2D eigenvalue weighted by Crippen LogP contribution is -2.27. The highest BCUT2D eigenvalue weighted by molar-refractivity contribution is 9.10. The summed E-state index contributed by atoms with van der Waals surface area (Å²) in [5, 5.41) is -0.262. The monoisotopic (exact) mass is 377 g/mol. The molecule has 0 radical (unpaired) electrons. The average molecular weight is 378 g/mol. The second-order valence-electron chi connectivity index (χ2n) is 4.90. The molecule has 1 aromatic carbocycles. The first-order valence-electron chi connectivity index (χ1n) is 6.59. The third kappa shape index (κ3) is 3.18. The van der Waals surface area contributed by atoms with Gasteiger partial charge >= 0.3 is 0 Å². The Morgan fingerprint density at radius 2 is 1.91 bits per heavy atom. The predicted molar refractivity (Wildman–Crippen MR) is 89.1 cm³/mol. The molecule has 112 valence electrons. The maximum absolute atomic E-state index is 12.4. The summed E-state index contributed by atoms with van der Waals surface area (Å²) in [7, 11) is 0. The number of benzene rings is 1. The van der Waals surface area contributed by atoms with Gasteiger partial charge in [-0.25, -0.2) is 0 Å². The van der Waals surface area contributed by atoms with Gasteiger partial charge in [-0.2, -0.15) is 0 Å². The SMILES string of the molecule is Cc1ccc(CN2C(=O)S/C(=C\c3ccc(Br)o3)C2=O)cc1. The van der Waals surface area contributed by atoms with Gasteiger partial charge in [-0.1, -0.05) is 29.8 Å². The van der Waals surface area contributed by atoms with Gasteiger partial charge in [0, 0.05) is 6.08 Å². The van der Waals surface area contributed by atoms with Gasteiger partial charge in [0.25, 0.3) is 11.1 Å². The Hall–Kier alpha value is -1.79. The van der Waals surface area contributed by atoms with Crippen LogP contribution in [-0.2, 0) is 11.3 Å². The maximum Gasteiger partial charge on any atom is 0.293 e. The van der Waals surface area contributed by atoms with Crippen LogP contribution in [-0.4, -0.2) is 16.0 Å². The van der Waals surface area contributed by atoms with Crippen molar-refractivity contribution in [2.45, 2.75) is 13.5 Å². The topological polar surface area (TPSA) is 50.5 Å². The first-order chi connectivity index (χ1) is 10.5. The number of furan rings is 1. The van der Waals surface area contributed by atoms with Crippen LogP contribution in [0, 0.1) is 6.92 Å². The molecule has 0 saturated carbocycles. The van der Waals surface area contributed by atoms with Crippen LogP contribution in [0.15, 0.2) is 50.4 Å². The largest absolute Gasteiger partial charge is 0.450 e. The molecule has 1 aliphatic rings. The first kappa shape index (κ1) is 15.1. The van der Waals surface area contributed by atoms with E-state index in [-0.39, 0.29) is 17.7 Å². The molecule has 0 spiro atoms. The van der Waals surface area contributed by atoms with E-state index in [2.05, 4.69) is 15.9 Å². The van der Waals surface area contributed by atoms with Crippen molar-refractivity contribution < 1.29 is 14.0 Å². The fourth-order valence-electron chi connectivity index (χ4n) is 2.05. The first-order valence-corrected chi connectivity index (χ1v) is 8.20. The molecule has 1 aliphatic heterocycles. The van der Waals surface area contributed by atoms with Crippen molar-refractivity contribution in [3.63, 3.8) is 0 Å². The quantitative estimate of drug-likeness (QED) is 0.734. The van der Waals surface area contributed by atoms with Crippen molar-refractivity contribution in [3.05, 3.63) is 62.9 Å². The molecule has 0 bridgehead atoms. The van der Waals surface area contributed by atoms with E-state index in [1.807, 2.05) is 31.2 Å². The van der Waals surface area contributed by atoms with Crippen LogP contribution >= 0.6 is 27.7 Å². The molecule has 2 amide bonds. The van der Waals surface area contributed by atoms with Crippen molar-refractivity contribution in [2.24, 2.45) is 0 Å². The molecule has 0 atom stereocenters. The number of amides is 2. The molecule has 0 unspecified atom stereocenters. The van der Waals surface area contributed by atoms with E-state index in [0.29, 0.717) is 15.3 Å². The lowest BCUT2D eigenvalue weighted by Gasteiger charge is -2.12. The number of thioether (sulfide) groups is 1. The zero-order chi connectivity index (χ0) is 15.7. The minimum atomic E-state index is -0.289. The summed E-state index contributed by atoms with van der Waals surface area (Å²) in [6.45, 7) is 2.28. The van der Waals surface area contributed by atoms with Gasteiger partial charge < -0.3 is 4.42 Å². The highest BCUT2D eigenvalue weighted by Crippen LogP contribution is 2.33. The summed E-state index contributed by atoms with van der Waals surface area (Å²) in [6, 6.07) is 11.2. The Kier molecular flexibility index (Phi) is 4.22. The van der Waals surface area contributed by atoms with E-state index in [4.69, 9.17) is 4.42 Å². The number of hydrogen-bond donors (Lipinski definition) is 0. The van der Waals surface area contributed by atoms with Crippen LogP contribution in [0.25, 0.3) is 6.08 Å². The number of hydrogen-bond acceptors (Lipinski definition) is 4. The zero-order valence-corrected chi connectivity index (χ0v) is 14.1. The van der Waals surface area contributed by atoms with Crippen LogP contribution in [0.4, 0.5) is 4.79 Å². The van der Waals surface area contributed by atoms with Crippen LogP contribution in [0.5, 0.6) is 0 Å². The zero-order valence-electron chi connectivity index (χ0n) is 11.7. The molecule has 1 saturated heterocycles. The molecule has 0 N–H and O–H groups in total. The van der Waals surface area contributed by atoms with Gasteiger partial charge in [0.05, 0.1) is 11.4 Å². The summed E-state index contributed by atoms with van der Waals surface area (Å²) in [4.78, 5) is 26.0. The summed E-state index contributed by atoms with van der Waals surface area (Å²) >= 11 is 4.14. The highest BCUT2D eigenvalue weighted by Gasteiger charge is 2.35. The van der Waals surface area contributed by atoms with E-state index in [1.165, 1.54) is 4.90 Å². The molecule has 2 heterocycles. The molecule has 22 heavy (non-hydrogen) atoms. The summed E-state index contributed by atoms with van der Waals surface area (Å²) in [5.74, 6) is 0.246. The van der Waals surface area contributed by atoms with Crippen LogP contribution in [0.2, 0.25) is 0 Å². The van der Waals surface area contributed by atoms with Crippen molar-refractivity contribution in [2.75, 3.05) is 0 Å². The lowest BCUT2D eigenvalue weighted by atomic mass is 10.1. The van der Waals surface area contributed by atoms with Crippen molar-refractivity contribution in [3.8, 4) is 0 Å². The van der Waals surface area contributed by atoms with Crippen molar-refractivity contribution in [1.82, 2.24) is 4.90 Å². The Balaban J connectivity index is 1.79. The molecule has 4 nitrogen and oxygen atoms in total. The van der Waals surface area contributed by atoms with E-state index in [1.54, 1.807) is 18.2 Å². The minimum absolute atomic E-state index is 0.262. The fraction of sp³-hybridized carbons (Fsp3) is 0.125. The third-order valence-electron chi connectivity index (χ3n) is 3.20. The number of imide groups is 1. The Bertz CT molecular complexity index is 764. The Labute approximate surface area is 140 Å². The van der Waals surface area contributed by atoms with E-state index >= 15 is 0 Å². The van der Waals surface area contributed by atoms with Gasteiger partial charge in [-0.05, 0) is 52.3 Å². The molecule has 2 aromatic rings. The molecule has 0 aliphatic carbocycles. The summed E-state index contributed by atoms with van der Waals surface area (Å²) < 4.78 is 5.92. The number of halogens is 1. The predicted octanol–water partition coefficient (Wildman–Crippen LogP) is 4.59. The number of rotatable bonds is 3. The highest BCUT2D eigenvalue weighted by atomic mass is 79.9. The Morgan fingerprint density at radius 3 is 2.55 bits per heavy atom. The number of aryl methyl sites for hydroxylation is 1. The second-order valence-corrected chi connectivity index (χ2v) is 6.67. The summed E-state index contributed by atoms with van der Waals surface area (Å²) in [5.41, 5.74) is 2.07. The average Bonchev–Trinajstić information content (AvgIpc) is 3.00. The van der Waals surface area contributed by atoms with E-state index < -0.39 is 0 Å². The third-order valence-corrected chi connectivity index (χ3v) is 4.54. The molecule has 1 fully saturated rings. The van der Waals surface area contributed by atoms with Gasteiger partial charge in [-0.3, -0.25) is 14.5 Å². The van der Waals surface area contributed by atoms with E-state index in [9.17, 15) is 9.59 Å². The smallest absolute Gasteiger partial charge is 0.293 e. The van der Waals surface area contributed by atoms with Gasteiger partial charge in [-0.15, -0.1) is 0 Å². The van der Waals surface area contributed by atoms with Crippen LogP contribution in [0.1, 0.15) is 16.9 Å². The Morgan fingerprint density at radius 1 is 1.18 bits per heavy atom. The number of carbonyl (C=O) groups is 2. The standard InChI is InChI=1S/C16H12BrNO3S/c1-10-2-4-11(5-3-10)9-18-15(19)13(22-16(18)20)8-12-6-7-14(17)21-12/h2-8H,9H2,1H3/b13-8-. The van der Waals surface area contributed by atoms with E-state index in [0.717, 1.165) is 22.9 Å². The number of carbonyl (C=O) groups excluding carboxylic acids is 2. The van der Waals surface area contributed by atoms with Crippen LogP contribution in [0.3, 0.4) is 0 Å². The molecule has 3 rings (SSSR count). The number of nitrogens with zero attached hydrogens (tertiary/aromatic N) is 1. The fourth-order valence-corrected chi connectivity index (χ4v) is 3.18. The minimum Gasteiger partial charge on any atom is -0.450 e. The molecular formula is C16H12BrNO3S. The van der Waals surface area contributed by atoms with Gasteiger partial charge in [0.15, 0.2) is 4.67 Å². The van der Waals surface area contributed by atoms with Gasteiger partial charge in [0.2, 0.25) is 0 Å². The molecule has 1 aromatic heterocycles. The second kappa shape index (κ2) is 6.14. The normalized spacial score (nSPS) is 16.8. The molecule has 6 heteroatoms.